The van der Waals surface area contributed by atoms with Crippen molar-refractivity contribution in [3.63, 3.8) is 0 Å². The lowest BCUT2D eigenvalue weighted by atomic mass is 9.73. The average molecular weight is 248 g/mol. The molecule has 0 radical (unpaired) electrons. The van der Waals surface area contributed by atoms with Gasteiger partial charge in [0.05, 0.1) is 16.5 Å². The smallest absolute Gasteiger partial charge is 0.0967 e. The van der Waals surface area contributed by atoms with E-state index >= 15 is 0 Å². The fourth-order valence-corrected chi connectivity index (χ4v) is 3.36. The van der Waals surface area contributed by atoms with E-state index in [0.29, 0.717) is 10.9 Å². The molecule has 2 aliphatic rings. The molecule has 1 aromatic rings. The second kappa shape index (κ2) is 3.97. The molecule has 0 amide bonds. The molecule has 3 atom stereocenters. The molecule has 2 bridgehead atoms. The molecule has 2 aliphatic heterocycles. The fourth-order valence-electron chi connectivity index (χ4n) is 3.19. The Balaban J connectivity index is 2.00. The molecule has 0 saturated carbocycles. The maximum atomic E-state index is 9.60. The maximum Gasteiger partial charge on any atom is 0.0967 e. The number of piperidine rings is 1. The van der Waals surface area contributed by atoms with Crippen molar-refractivity contribution < 1.29 is 0 Å². The van der Waals surface area contributed by atoms with Gasteiger partial charge in [0.25, 0.3) is 0 Å². The van der Waals surface area contributed by atoms with Gasteiger partial charge in [-0.2, -0.15) is 5.26 Å². The number of aromatic nitrogens is 1. The van der Waals surface area contributed by atoms with Crippen molar-refractivity contribution in [2.45, 2.75) is 18.3 Å². The molecular weight excluding hydrogens is 234 g/mol. The van der Waals surface area contributed by atoms with Crippen LogP contribution in [0.1, 0.15) is 18.4 Å². The summed E-state index contributed by atoms with van der Waals surface area (Å²) >= 11 is 5.99. The fraction of sp³-hybridized carbons (Fsp3) is 0.538. The van der Waals surface area contributed by atoms with Crippen LogP contribution in [0.5, 0.6) is 0 Å². The molecule has 17 heavy (non-hydrogen) atoms. The van der Waals surface area contributed by atoms with Gasteiger partial charge < -0.3 is 4.90 Å². The van der Waals surface area contributed by atoms with E-state index in [0.717, 1.165) is 31.6 Å². The molecule has 0 spiro atoms. The Kier molecular flexibility index (Phi) is 2.57. The minimum absolute atomic E-state index is 0.405. The van der Waals surface area contributed by atoms with Gasteiger partial charge in [0, 0.05) is 25.5 Å². The van der Waals surface area contributed by atoms with Crippen LogP contribution in [-0.4, -0.2) is 29.5 Å². The van der Waals surface area contributed by atoms with Crippen molar-refractivity contribution in [1.82, 2.24) is 9.88 Å². The maximum absolute atomic E-state index is 9.60. The van der Waals surface area contributed by atoms with Gasteiger partial charge in [0.15, 0.2) is 0 Å². The summed E-state index contributed by atoms with van der Waals surface area (Å²) in [5, 5.41) is 10.2. The molecule has 88 valence electrons. The standard InChI is InChI=1S/C13H14ClN3/c14-12-3-11(5-16-6-12)13(8-15)4-10-1-2-17(7-10)9-13/h3,5-6,10H,1-2,4,7,9H2. The molecule has 2 saturated heterocycles. The minimum atomic E-state index is -0.405. The number of fused-ring (bicyclic) bond motifs is 2. The normalized spacial score (nSPS) is 35.5. The summed E-state index contributed by atoms with van der Waals surface area (Å²) in [5.74, 6) is 0.655. The van der Waals surface area contributed by atoms with E-state index in [1.165, 1.54) is 6.42 Å². The van der Waals surface area contributed by atoms with Crippen LogP contribution in [0.4, 0.5) is 0 Å². The second-order valence-corrected chi connectivity index (χ2v) is 5.62. The van der Waals surface area contributed by atoms with E-state index in [4.69, 9.17) is 11.6 Å². The molecule has 1 aromatic heterocycles. The van der Waals surface area contributed by atoms with Gasteiger partial charge >= 0.3 is 0 Å². The van der Waals surface area contributed by atoms with Crippen molar-refractivity contribution >= 4 is 11.6 Å². The Hall–Kier alpha value is -1.11. The van der Waals surface area contributed by atoms with Crippen LogP contribution in [0.25, 0.3) is 0 Å². The zero-order valence-corrected chi connectivity index (χ0v) is 10.3. The molecule has 3 unspecified atom stereocenters. The molecule has 0 aliphatic carbocycles. The van der Waals surface area contributed by atoms with E-state index in [-0.39, 0.29) is 0 Å². The number of nitrogens with zero attached hydrogens (tertiary/aromatic N) is 3. The summed E-state index contributed by atoms with van der Waals surface area (Å²) in [6, 6.07) is 4.41. The van der Waals surface area contributed by atoms with Crippen molar-refractivity contribution in [2.75, 3.05) is 19.6 Å². The summed E-state index contributed by atoms with van der Waals surface area (Å²) in [5.41, 5.74) is 0.571. The first-order chi connectivity index (χ1) is 8.22. The van der Waals surface area contributed by atoms with Gasteiger partial charge in [-0.15, -0.1) is 0 Å². The Labute approximate surface area is 106 Å². The summed E-state index contributed by atoms with van der Waals surface area (Å²) < 4.78 is 0. The van der Waals surface area contributed by atoms with Crippen molar-refractivity contribution in [1.29, 1.82) is 5.26 Å². The highest BCUT2D eigenvalue weighted by molar-refractivity contribution is 6.30. The Morgan fingerprint density at radius 2 is 2.41 bits per heavy atom. The lowest BCUT2D eigenvalue weighted by Gasteiger charge is -2.36. The molecule has 3 heterocycles. The molecular formula is C13H14ClN3. The lowest BCUT2D eigenvalue weighted by Crippen LogP contribution is -2.44. The summed E-state index contributed by atoms with van der Waals surface area (Å²) in [6.07, 6.45) is 5.58. The quantitative estimate of drug-likeness (QED) is 0.764. The van der Waals surface area contributed by atoms with Crippen molar-refractivity contribution in [3.05, 3.63) is 29.0 Å². The number of hydrogen-bond acceptors (Lipinski definition) is 3. The second-order valence-electron chi connectivity index (χ2n) is 5.18. The summed E-state index contributed by atoms with van der Waals surface area (Å²) in [7, 11) is 0. The van der Waals surface area contributed by atoms with Gasteiger partial charge in [0.1, 0.15) is 0 Å². The van der Waals surface area contributed by atoms with Crippen molar-refractivity contribution in [2.24, 2.45) is 5.92 Å². The minimum Gasteiger partial charge on any atom is -0.301 e. The third kappa shape index (κ3) is 1.82. The Bertz CT molecular complexity index is 468. The predicted octanol–water partition coefficient (Wildman–Crippen LogP) is 2.22. The first-order valence-corrected chi connectivity index (χ1v) is 6.34. The highest BCUT2D eigenvalue weighted by atomic mass is 35.5. The van der Waals surface area contributed by atoms with Gasteiger partial charge in [-0.05, 0) is 36.9 Å². The monoisotopic (exact) mass is 247 g/mol. The van der Waals surface area contributed by atoms with Crippen LogP contribution in [0.2, 0.25) is 5.02 Å². The molecule has 3 nitrogen and oxygen atoms in total. The first kappa shape index (κ1) is 11.0. The highest BCUT2D eigenvalue weighted by Gasteiger charge is 2.44. The van der Waals surface area contributed by atoms with E-state index in [9.17, 15) is 5.26 Å². The average Bonchev–Trinajstić information content (AvgIpc) is 2.69. The van der Waals surface area contributed by atoms with E-state index in [1.54, 1.807) is 12.4 Å². The summed E-state index contributed by atoms with van der Waals surface area (Å²) in [6.45, 7) is 3.10. The van der Waals surface area contributed by atoms with Gasteiger partial charge in [-0.3, -0.25) is 4.98 Å². The van der Waals surface area contributed by atoms with E-state index in [1.807, 2.05) is 6.07 Å². The molecule has 2 fully saturated rings. The van der Waals surface area contributed by atoms with E-state index in [2.05, 4.69) is 16.0 Å². The number of rotatable bonds is 1. The third-order valence-electron chi connectivity index (χ3n) is 3.97. The van der Waals surface area contributed by atoms with Gasteiger partial charge in [-0.1, -0.05) is 11.6 Å². The number of hydrogen-bond donors (Lipinski definition) is 0. The Morgan fingerprint density at radius 3 is 3.12 bits per heavy atom. The van der Waals surface area contributed by atoms with Crippen LogP contribution in [-0.2, 0) is 5.41 Å². The molecule has 3 rings (SSSR count). The first-order valence-electron chi connectivity index (χ1n) is 5.96. The van der Waals surface area contributed by atoms with Crippen LogP contribution in [0.15, 0.2) is 18.5 Å². The highest BCUT2D eigenvalue weighted by Crippen LogP contribution is 2.40. The largest absolute Gasteiger partial charge is 0.301 e. The number of halogens is 1. The molecule has 4 heteroatoms. The summed E-state index contributed by atoms with van der Waals surface area (Å²) in [4.78, 5) is 6.51. The predicted molar refractivity (Wildman–Crippen MR) is 65.7 cm³/mol. The van der Waals surface area contributed by atoms with Gasteiger partial charge in [-0.25, -0.2) is 0 Å². The SMILES string of the molecule is N#CC1(c2cncc(Cl)c2)CC2CCN(C2)C1. The topological polar surface area (TPSA) is 39.9 Å². The zero-order valence-electron chi connectivity index (χ0n) is 9.56. The van der Waals surface area contributed by atoms with Crippen LogP contribution in [0, 0.1) is 17.2 Å². The van der Waals surface area contributed by atoms with Crippen LogP contribution >= 0.6 is 11.6 Å². The lowest BCUT2D eigenvalue weighted by molar-refractivity contribution is 0.204. The Morgan fingerprint density at radius 1 is 1.53 bits per heavy atom. The van der Waals surface area contributed by atoms with Crippen molar-refractivity contribution in [3.8, 4) is 6.07 Å². The number of pyridine rings is 1. The van der Waals surface area contributed by atoms with Crippen LogP contribution < -0.4 is 0 Å². The third-order valence-corrected chi connectivity index (χ3v) is 4.18. The zero-order chi connectivity index (χ0) is 11.9. The number of nitriles is 1. The van der Waals surface area contributed by atoms with Crippen LogP contribution in [0.3, 0.4) is 0 Å². The molecule has 0 N–H and O–H groups in total. The molecule has 0 aromatic carbocycles. The van der Waals surface area contributed by atoms with E-state index < -0.39 is 5.41 Å². The van der Waals surface area contributed by atoms with Gasteiger partial charge in [0.2, 0.25) is 0 Å².